The number of rotatable bonds is 6. The number of hydrogen-bond acceptors (Lipinski definition) is 3. The van der Waals surface area contributed by atoms with Crippen molar-refractivity contribution in [2.45, 2.75) is 18.1 Å². The number of carbonyl (C=O) groups is 1. The van der Waals surface area contributed by atoms with E-state index in [4.69, 9.17) is 0 Å². The van der Waals surface area contributed by atoms with E-state index in [0.29, 0.717) is 12.3 Å². The predicted molar refractivity (Wildman–Crippen MR) is 114 cm³/mol. The molecular formula is C23H23N3OS. The van der Waals surface area contributed by atoms with E-state index in [1.54, 1.807) is 6.20 Å². The van der Waals surface area contributed by atoms with Crippen LogP contribution in [0.1, 0.15) is 17.5 Å². The Morgan fingerprint density at radius 3 is 2.50 bits per heavy atom. The van der Waals surface area contributed by atoms with E-state index in [-0.39, 0.29) is 5.91 Å². The van der Waals surface area contributed by atoms with Gasteiger partial charge in [-0.15, -0.1) is 0 Å². The van der Waals surface area contributed by atoms with Crippen LogP contribution >= 0.6 is 11.8 Å². The van der Waals surface area contributed by atoms with Crippen LogP contribution in [0.2, 0.25) is 0 Å². The summed E-state index contributed by atoms with van der Waals surface area (Å²) in [5.74, 6) is 0.586. The molecule has 0 aliphatic carbocycles. The Kier molecular flexibility index (Phi) is 5.92. The first-order chi connectivity index (χ1) is 13.8. The van der Waals surface area contributed by atoms with Gasteiger partial charge in [-0.05, 0) is 23.1 Å². The van der Waals surface area contributed by atoms with Crippen molar-refractivity contribution >= 4 is 23.2 Å². The zero-order valence-electron chi connectivity index (χ0n) is 15.7. The number of thioether (sulfide) groups is 1. The van der Waals surface area contributed by atoms with Crippen LogP contribution in [0.25, 0.3) is 5.57 Å². The minimum absolute atomic E-state index is 0.169. The standard InChI is InChI=1S/C23H23N3OS/c27-22(25-14-11-21(12-15-25)20-9-5-2-6-10-20)18-28-23-24-13-16-26(23)17-19-7-3-1-4-8-19/h1-11,13,16H,12,14-15,17-18H2. The lowest BCUT2D eigenvalue weighted by Gasteiger charge is -2.26. The summed E-state index contributed by atoms with van der Waals surface area (Å²) in [5, 5.41) is 0.884. The van der Waals surface area contributed by atoms with Crippen molar-refractivity contribution < 1.29 is 4.79 Å². The molecule has 0 N–H and O–H groups in total. The molecule has 0 bridgehead atoms. The van der Waals surface area contributed by atoms with Gasteiger partial charge in [0.2, 0.25) is 5.91 Å². The Morgan fingerprint density at radius 1 is 1.04 bits per heavy atom. The lowest BCUT2D eigenvalue weighted by molar-refractivity contribution is -0.127. The van der Waals surface area contributed by atoms with Gasteiger partial charge >= 0.3 is 0 Å². The van der Waals surface area contributed by atoms with E-state index in [2.05, 4.69) is 52.0 Å². The Morgan fingerprint density at radius 2 is 1.79 bits per heavy atom. The van der Waals surface area contributed by atoms with E-state index in [1.807, 2.05) is 35.4 Å². The highest BCUT2D eigenvalue weighted by Crippen LogP contribution is 2.23. The first-order valence-corrected chi connectivity index (χ1v) is 10.5. The molecule has 0 spiro atoms. The number of nitrogens with zero attached hydrogens (tertiary/aromatic N) is 3. The minimum Gasteiger partial charge on any atom is -0.338 e. The molecular weight excluding hydrogens is 366 g/mol. The van der Waals surface area contributed by atoms with Crippen molar-refractivity contribution in [2.24, 2.45) is 0 Å². The quantitative estimate of drug-likeness (QED) is 0.589. The van der Waals surface area contributed by atoms with Gasteiger partial charge in [-0.1, -0.05) is 78.5 Å². The molecule has 0 unspecified atom stereocenters. The second-order valence-corrected chi connectivity index (χ2v) is 7.74. The first kappa shape index (κ1) is 18.6. The highest BCUT2D eigenvalue weighted by Gasteiger charge is 2.18. The van der Waals surface area contributed by atoms with Gasteiger partial charge in [-0.2, -0.15) is 0 Å². The van der Waals surface area contributed by atoms with Gasteiger partial charge < -0.3 is 9.47 Å². The Balaban J connectivity index is 1.32. The fraction of sp³-hybridized carbons (Fsp3) is 0.217. The molecule has 0 saturated carbocycles. The van der Waals surface area contributed by atoms with Gasteiger partial charge in [0.25, 0.3) is 0 Å². The fourth-order valence-corrected chi connectivity index (χ4v) is 4.23. The lowest BCUT2D eigenvalue weighted by Crippen LogP contribution is -2.35. The van der Waals surface area contributed by atoms with Crippen molar-refractivity contribution in [2.75, 3.05) is 18.8 Å². The Bertz CT molecular complexity index is 950. The highest BCUT2D eigenvalue weighted by molar-refractivity contribution is 7.99. The van der Waals surface area contributed by atoms with E-state index in [1.165, 1.54) is 28.5 Å². The summed E-state index contributed by atoms with van der Waals surface area (Å²) in [6.07, 6.45) is 6.85. The monoisotopic (exact) mass is 389 g/mol. The number of amides is 1. The third kappa shape index (κ3) is 4.54. The van der Waals surface area contributed by atoms with Gasteiger partial charge in [0, 0.05) is 32.0 Å². The van der Waals surface area contributed by atoms with Crippen molar-refractivity contribution in [1.82, 2.24) is 14.5 Å². The number of carbonyl (C=O) groups excluding carboxylic acids is 1. The smallest absolute Gasteiger partial charge is 0.233 e. The maximum absolute atomic E-state index is 12.6. The molecule has 28 heavy (non-hydrogen) atoms. The second kappa shape index (κ2) is 8.93. The Hall–Kier alpha value is -2.79. The molecule has 0 saturated heterocycles. The summed E-state index contributed by atoms with van der Waals surface area (Å²) in [7, 11) is 0. The first-order valence-electron chi connectivity index (χ1n) is 9.50. The van der Waals surface area contributed by atoms with Crippen LogP contribution < -0.4 is 0 Å². The molecule has 2 heterocycles. The third-order valence-corrected chi connectivity index (χ3v) is 5.89. The predicted octanol–water partition coefficient (Wildman–Crippen LogP) is 4.34. The van der Waals surface area contributed by atoms with Crippen LogP contribution in [-0.2, 0) is 11.3 Å². The minimum atomic E-state index is 0.169. The summed E-state index contributed by atoms with van der Waals surface area (Å²) in [4.78, 5) is 19.0. The molecule has 1 aliphatic heterocycles. The highest BCUT2D eigenvalue weighted by atomic mass is 32.2. The van der Waals surface area contributed by atoms with Gasteiger partial charge in [-0.25, -0.2) is 4.98 Å². The summed E-state index contributed by atoms with van der Waals surface area (Å²) < 4.78 is 2.09. The number of aromatic nitrogens is 2. The van der Waals surface area contributed by atoms with Crippen LogP contribution in [0.15, 0.2) is 84.3 Å². The molecule has 5 heteroatoms. The van der Waals surface area contributed by atoms with Gasteiger partial charge in [0.15, 0.2) is 5.16 Å². The summed E-state index contributed by atoms with van der Waals surface area (Å²) in [6.45, 7) is 2.23. The molecule has 0 radical (unpaired) electrons. The molecule has 0 atom stereocenters. The number of imidazole rings is 1. The molecule has 4 nitrogen and oxygen atoms in total. The molecule has 1 aromatic heterocycles. The molecule has 1 aliphatic rings. The van der Waals surface area contributed by atoms with Crippen molar-refractivity contribution in [3.05, 3.63) is 90.3 Å². The zero-order valence-corrected chi connectivity index (χ0v) is 16.5. The summed E-state index contributed by atoms with van der Waals surface area (Å²) in [6, 6.07) is 20.7. The zero-order chi connectivity index (χ0) is 19.2. The molecule has 3 aromatic rings. The molecule has 1 amide bonds. The fourth-order valence-electron chi connectivity index (χ4n) is 3.36. The van der Waals surface area contributed by atoms with Crippen LogP contribution in [-0.4, -0.2) is 39.2 Å². The van der Waals surface area contributed by atoms with Gasteiger partial charge in [0.05, 0.1) is 5.75 Å². The van der Waals surface area contributed by atoms with Crippen molar-refractivity contribution in [1.29, 1.82) is 0 Å². The number of benzene rings is 2. The average Bonchev–Trinajstić information content (AvgIpc) is 3.20. The molecule has 0 fully saturated rings. The molecule has 142 valence electrons. The topological polar surface area (TPSA) is 38.1 Å². The number of hydrogen-bond donors (Lipinski definition) is 0. The van der Waals surface area contributed by atoms with E-state index >= 15 is 0 Å². The average molecular weight is 390 g/mol. The normalized spacial score (nSPS) is 14.0. The molecule has 4 rings (SSSR count). The summed E-state index contributed by atoms with van der Waals surface area (Å²) in [5.41, 5.74) is 3.81. The SMILES string of the molecule is O=C(CSc1nccn1Cc1ccccc1)N1CC=C(c2ccccc2)CC1. The van der Waals surface area contributed by atoms with Gasteiger partial charge in [0.1, 0.15) is 0 Å². The summed E-state index contributed by atoms with van der Waals surface area (Å²) >= 11 is 1.51. The van der Waals surface area contributed by atoms with E-state index < -0.39 is 0 Å². The van der Waals surface area contributed by atoms with Crippen LogP contribution in [0, 0.1) is 0 Å². The lowest BCUT2D eigenvalue weighted by atomic mass is 10.00. The Labute approximate surface area is 169 Å². The van der Waals surface area contributed by atoms with Crippen LogP contribution in [0.5, 0.6) is 0 Å². The van der Waals surface area contributed by atoms with E-state index in [0.717, 1.165) is 24.7 Å². The van der Waals surface area contributed by atoms with Gasteiger partial charge in [-0.3, -0.25) is 4.79 Å². The maximum Gasteiger partial charge on any atom is 0.233 e. The van der Waals surface area contributed by atoms with Crippen molar-refractivity contribution in [3.8, 4) is 0 Å². The molecule has 2 aromatic carbocycles. The maximum atomic E-state index is 12.6. The van der Waals surface area contributed by atoms with Crippen LogP contribution in [0.3, 0.4) is 0 Å². The largest absolute Gasteiger partial charge is 0.338 e. The second-order valence-electron chi connectivity index (χ2n) is 6.80. The van der Waals surface area contributed by atoms with Crippen molar-refractivity contribution in [3.63, 3.8) is 0 Å². The van der Waals surface area contributed by atoms with Crippen LogP contribution in [0.4, 0.5) is 0 Å². The third-order valence-electron chi connectivity index (χ3n) is 4.90. The van der Waals surface area contributed by atoms with E-state index in [9.17, 15) is 4.79 Å².